The summed E-state index contributed by atoms with van der Waals surface area (Å²) in [5, 5.41) is 7.79. The molecule has 0 saturated carbocycles. The van der Waals surface area contributed by atoms with Crippen LogP contribution in [0.2, 0.25) is 0 Å². The Hall–Kier alpha value is -3.62. The molecule has 4 aliphatic heterocycles. The molecule has 6 atom stereocenters. The number of hydrogen-bond donors (Lipinski definition) is 2. The van der Waals surface area contributed by atoms with Gasteiger partial charge in [-0.3, -0.25) is 20.6 Å². The molecule has 2 N–H and O–H groups in total. The summed E-state index contributed by atoms with van der Waals surface area (Å²) >= 11 is 0. The van der Waals surface area contributed by atoms with Crippen molar-refractivity contribution in [1.29, 1.82) is 0 Å². The SMILES string of the molecule is O=C(/C=C/C(=O)OC12C=CC(CCCCCCCCCCCCCCCCCCCCC1)C(c1cccnc1)N2)OC12C=CC(CCCCCCCCCCCCCCCCCCCCC1)C(c1cccnc1)N2. The lowest BCUT2D eigenvalue weighted by atomic mass is 9.83. The Morgan fingerprint density at radius 1 is 0.405 bits per heavy atom. The van der Waals surface area contributed by atoms with Crippen LogP contribution in [-0.4, -0.2) is 33.4 Å². The lowest BCUT2D eigenvalue weighted by Crippen LogP contribution is -2.53. The highest BCUT2D eigenvalue weighted by molar-refractivity contribution is 5.92. The molecule has 412 valence electrons. The van der Waals surface area contributed by atoms with Gasteiger partial charge in [0.05, 0.1) is 0 Å². The molecule has 2 saturated heterocycles. The van der Waals surface area contributed by atoms with E-state index in [9.17, 15) is 9.59 Å². The summed E-state index contributed by atoms with van der Waals surface area (Å²) in [7, 11) is 0. The minimum Gasteiger partial charge on any atom is -0.437 e. The Labute approximate surface area is 451 Å². The van der Waals surface area contributed by atoms with Gasteiger partial charge in [0.25, 0.3) is 0 Å². The maximum atomic E-state index is 14.1. The van der Waals surface area contributed by atoms with Gasteiger partial charge in [0.15, 0.2) is 11.4 Å². The van der Waals surface area contributed by atoms with Crippen molar-refractivity contribution in [2.45, 2.75) is 293 Å². The third-order valence-corrected chi connectivity index (χ3v) is 17.1. The molecule has 2 fully saturated rings. The first-order valence-electron chi connectivity index (χ1n) is 31.4. The fourth-order valence-electron chi connectivity index (χ4n) is 12.6. The molecular weight excluding hydrogens is 913 g/mol. The quantitative estimate of drug-likeness (QED) is 0.168. The summed E-state index contributed by atoms with van der Waals surface area (Å²) in [5.41, 5.74) is 0.193. The minimum absolute atomic E-state index is 0.0515. The fraction of sp³-hybridized carbons (Fsp3) is 0.727. The highest BCUT2D eigenvalue weighted by atomic mass is 16.6. The molecule has 0 amide bonds. The third kappa shape index (κ3) is 23.3. The highest BCUT2D eigenvalue weighted by Crippen LogP contribution is 2.39. The number of fused-ring (bicyclic) bond motifs is 42. The summed E-state index contributed by atoms with van der Waals surface area (Å²) < 4.78 is 13.1. The van der Waals surface area contributed by atoms with Gasteiger partial charge in [0.2, 0.25) is 0 Å². The zero-order valence-corrected chi connectivity index (χ0v) is 46.6. The molecular formula is C66H104N4O4. The lowest BCUT2D eigenvalue weighted by molar-refractivity contribution is -0.157. The smallest absolute Gasteiger partial charge is 0.333 e. The molecule has 74 heavy (non-hydrogen) atoms. The van der Waals surface area contributed by atoms with Crippen LogP contribution in [0.1, 0.15) is 293 Å². The second-order valence-electron chi connectivity index (χ2n) is 23.3. The van der Waals surface area contributed by atoms with E-state index in [0.29, 0.717) is 12.8 Å². The Balaban J connectivity index is 1.14. The molecule has 0 radical (unpaired) electrons. The topological polar surface area (TPSA) is 102 Å². The maximum absolute atomic E-state index is 14.1. The van der Waals surface area contributed by atoms with E-state index in [-0.39, 0.29) is 23.9 Å². The first-order valence-corrected chi connectivity index (χ1v) is 31.4. The van der Waals surface area contributed by atoms with Crippen LogP contribution in [0.5, 0.6) is 0 Å². The van der Waals surface area contributed by atoms with Gasteiger partial charge in [-0.05, 0) is 72.9 Å². The number of hydrogen-bond acceptors (Lipinski definition) is 8. The summed E-state index contributed by atoms with van der Waals surface area (Å²) in [6.07, 6.45) is 71.5. The van der Waals surface area contributed by atoms with E-state index in [1.807, 2.05) is 36.9 Å². The van der Waals surface area contributed by atoms with Crippen LogP contribution >= 0.6 is 0 Å². The fourth-order valence-corrected chi connectivity index (χ4v) is 12.6. The van der Waals surface area contributed by atoms with Crippen LogP contribution in [-0.2, 0) is 19.1 Å². The predicted molar refractivity (Wildman–Crippen MR) is 306 cm³/mol. The zero-order valence-electron chi connectivity index (χ0n) is 46.6. The van der Waals surface area contributed by atoms with Gasteiger partial charge in [-0.2, -0.15) is 0 Å². The van der Waals surface area contributed by atoms with E-state index in [1.54, 1.807) is 0 Å². The first-order chi connectivity index (χ1) is 36.5. The Morgan fingerprint density at radius 3 is 0.946 bits per heavy atom. The van der Waals surface area contributed by atoms with Gasteiger partial charge in [-0.15, -0.1) is 0 Å². The summed E-state index contributed by atoms with van der Waals surface area (Å²) in [5.74, 6) is -0.592. The normalized spacial score (nSPS) is 28.9. The van der Waals surface area contributed by atoms with Gasteiger partial charge in [-0.1, -0.05) is 255 Å². The van der Waals surface area contributed by atoms with Crippen molar-refractivity contribution < 1.29 is 19.1 Å². The van der Waals surface area contributed by atoms with Crippen molar-refractivity contribution in [3.63, 3.8) is 0 Å². The number of nitrogens with zero attached hydrogens (tertiary/aromatic N) is 2. The largest absolute Gasteiger partial charge is 0.437 e. The van der Waals surface area contributed by atoms with E-state index in [0.717, 1.165) is 49.7 Å². The van der Waals surface area contributed by atoms with Crippen molar-refractivity contribution in [3.8, 4) is 0 Å². The molecule has 6 unspecified atom stereocenters. The molecule has 2 aliphatic carbocycles. The molecule has 4 bridgehead atoms. The minimum atomic E-state index is -1.01. The average molecular weight is 1020 g/mol. The van der Waals surface area contributed by atoms with E-state index in [4.69, 9.17) is 9.47 Å². The number of carbonyl (C=O) groups is 2. The average Bonchev–Trinajstić information content (AvgIpc) is 3.42. The van der Waals surface area contributed by atoms with Gasteiger partial charge in [0.1, 0.15) is 0 Å². The van der Waals surface area contributed by atoms with Crippen LogP contribution in [0, 0.1) is 11.8 Å². The molecule has 8 rings (SSSR count). The molecule has 6 aliphatic rings. The highest BCUT2D eigenvalue weighted by Gasteiger charge is 2.41. The summed E-state index contributed by atoms with van der Waals surface area (Å²) in [4.78, 5) is 37.3. The molecule has 8 heteroatoms. The van der Waals surface area contributed by atoms with Gasteiger partial charge < -0.3 is 9.47 Å². The monoisotopic (exact) mass is 1020 g/mol. The number of carbonyl (C=O) groups excluding carboxylic acids is 2. The molecule has 2 aromatic heterocycles. The second kappa shape index (κ2) is 36.4. The van der Waals surface area contributed by atoms with Crippen molar-refractivity contribution in [2.75, 3.05) is 0 Å². The second-order valence-corrected chi connectivity index (χ2v) is 23.3. The number of esters is 2. The van der Waals surface area contributed by atoms with Crippen LogP contribution in [0.15, 0.2) is 85.5 Å². The number of rotatable bonds is 6. The van der Waals surface area contributed by atoms with Gasteiger partial charge in [0, 0.05) is 61.9 Å². The molecule has 2 aromatic rings. The van der Waals surface area contributed by atoms with Crippen LogP contribution in [0.4, 0.5) is 0 Å². The summed E-state index contributed by atoms with van der Waals surface area (Å²) in [6, 6.07) is 8.20. The van der Waals surface area contributed by atoms with Crippen molar-refractivity contribution >= 4 is 11.9 Å². The lowest BCUT2D eigenvalue weighted by Gasteiger charge is -2.42. The Morgan fingerprint density at radius 2 is 0.676 bits per heavy atom. The Bertz CT molecular complexity index is 1740. The van der Waals surface area contributed by atoms with E-state index in [2.05, 4.69) is 57.0 Å². The van der Waals surface area contributed by atoms with E-state index < -0.39 is 23.4 Å². The number of pyridine rings is 2. The summed E-state index contributed by atoms with van der Waals surface area (Å²) in [6.45, 7) is 0. The molecule has 0 spiro atoms. The number of aromatic nitrogens is 2. The van der Waals surface area contributed by atoms with Gasteiger partial charge >= 0.3 is 11.9 Å². The van der Waals surface area contributed by atoms with E-state index in [1.165, 1.54) is 230 Å². The third-order valence-electron chi connectivity index (χ3n) is 17.1. The van der Waals surface area contributed by atoms with Crippen molar-refractivity contribution in [2.24, 2.45) is 11.8 Å². The standard InChI is InChI=1S/C66H104N4O4/c71-61(73-65-49-37-33-29-25-21-17-13-9-5-1-3-7-11-15-19-23-27-31-35-41-57(47-51-65)63(69-65)59-43-39-53-67-55-59)45-46-62(72)74-66-50-38-34-30-26-22-18-14-10-6-2-4-8-12-16-20-24-28-32-36-42-58(48-52-66)64(70-66)60-44-40-54-68-56-60/h39-40,43-48,51-58,63-64,69-70H,1-38,41-42,49-50H2/b46-45+. The zero-order chi connectivity index (χ0) is 51.5. The number of nitrogens with one attached hydrogen (secondary N) is 2. The van der Waals surface area contributed by atoms with Crippen molar-refractivity contribution in [1.82, 2.24) is 20.6 Å². The first kappa shape index (κ1) is 59.6. The molecule has 6 heterocycles. The maximum Gasteiger partial charge on any atom is 0.333 e. The molecule has 8 nitrogen and oxygen atoms in total. The number of ether oxygens (including phenoxy) is 2. The molecule has 0 aromatic carbocycles. The van der Waals surface area contributed by atoms with Crippen LogP contribution in [0.25, 0.3) is 0 Å². The van der Waals surface area contributed by atoms with Crippen molar-refractivity contribution in [3.05, 3.63) is 96.6 Å². The van der Waals surface area contributed by atoms with Gasteiger partial charge in [-0.25, -0.2) is 9.59 Å². The van der Waals surface area contributed by atoms with Crippen LogP contribution in [0.3, 0.4) is 0 Å². The predicted octanol–water partition coefficient (Wildman–Crippen LogP) is 18.3. The Kier molecular flexibility index (Phi) is 29.3. The van der Waals surface area contributed by atoms with Crippen LogP contribution < -0.4 is 10.6 Å². The van der Waals surface area contributed by atoms with E-state index >= 15 is 0 Å².